The highest BCUT2D eigenvalue weighted by Gasteiger charge is 2.27. The van der Waals surface area contributed by atoms with Crippen LogP contribution in [0.5, 0.6) is 0 Å². The van der Waals surface area contributed by atoms with Gasteiger partial charge in [0.15, 0.2) is 0 Å². The molecule has 0 radical (unpaired) electrons. The Bertz CT molecular complexity index is 874. The first kappa shape index (κ1) is 18.6. The number of fused-ring (bicyclic) bond motifs is 1. The molecule has 0 spiro atoms. The first-order valence-corrected chi connectivity index (χ1v) is 9.02. The lowest BCUT2D eigenvalue weighted by atomic mass is 10.1. The minimum absolute atomic E-state index is 0.104. The van der Waals surface area contributed by atoms with Crippen LogP contribution in [0.4, 0.5) is 11.4 Å². The Hall–Kier alpha value is -3.16. The number of carbonyl (C=O) groups excluding carboxylic acids is 3. The number of para-hydroxylation sites is 1. The van der Waals surface area contributed by atoms with Crippen LogP contribution in [-0.4, -0.2) is 33.5 Å². The van der Waals surface area contributed by atoms with E-state index in [9.17, 15) is 14.4 Å². The second-order valence-electron chi connectivity index (χ2n) is 6.54. The quantitative estimate of drug-likeness (QED) is 0.725. The molecule has 0 saturated carbocycles. The molecule has 1 aliphatic heterocycles. The molecular weight excluding hydrogens is 346 g/mol. The van der Waals surface area contributed by atoms with E-state index in [4.69, 9.17) is 0 Å². The van der Waals surface area contributed by atoms with Crippen molar-refractivity contribution in [1.82, 2.24) is 15.1 Å². The van der Waals surface area contributed by atoms with Gasteiger partial charge in [-0.1, -0.05) is 19.1 Å². The van der Waals surface area contributed by atoms with Crippen molar-refractivity contribution in [1.29, 1.82) is 0 Å². The SMILES string of the molecule is CCCn1cc(NC(=O)CC[C@H]2NC(=O)c3ccccc3NC2=O)c(C)n1. The zero-order valence-corrected chi connectivity index (χ0v) is 15.4. The van der Waals surface area contributed by atoms with E-state index in [1.165, 1.54) is 0 Å². The van der Waals surface area contributed by atoms with Gasteiger partial charge >= 0.3 is 0 Å². The molecule has 0 unspecified atom stereocenters. The van der Waals surface area contributed by atoms with E-state index >= 15 is 0 Å². The van der Waals surface area contributed by atoms with Crippen LogP contribution >= 0.6 is 0 Å². The summed E-state index contributed by atoms with van der Waals surface area (Å²) in [4.78, 5) is 36.9. The molecule has 0 fully saturated rings. The predicted octanol–water partition coefficient (Wildman–Crippen LogP) is 2.07. The van der Waals surface area contributed by atoms with E-state index in [0.29, 0.717) is 16.9 Å². The number of amides is 3. The van der Waals surface area contributed by atoms with Gasteiger partial charge in [0.2, 0.25) is 11.8 Å². The average Bonchev–Trinajstić information content (AvgIpc) is 2.91. The van der Waals surface area contributed by atoms with Crippen LogP contribution in [0.1, 0.15) is 42.2 Å². The number of aromatic nitrogens is 2. The fourth-order valence-electron chi connectivity index (χ4n) is 2.99. The molecule has 142 valence electrons. The number of rotatable bonds is 6. The van der Waals surface area contributed by atoms with E-state index in [1.54, 1.807) is 35.1 Å². The molecule has 2 aromatic rings. The van der Waals surface area contributed by atoms with Crippen molar-refractivity contribution < 1.29 is 14.4 Å². The van der Waals surface area contributed by atoms with Crippen molar-refractivity contribution in [2.45, 2.75) is 45.7 Å². The van der Waals surface area contributed by atoms with Crippen molar-refractivity contribution in [2.24, 2.45) is 0 Å². The summed E-state index contributed by atoms with van der Waals surface area (Å²) in [6, 6.07) is 6.05. The molecule has 0 saturated heterocycles. The Labute approximate surface area is 157 Å². The summed E-state index contributed by atoms with van der Waals surface area (Å²) in [6.07, 6.45) is 3.06. The number of carbonyl (C=O) groups is 3. The second kappa shape index (κ2) is 8.03. The Morgan fingerprint density at radius 3 is 2.85 bits per heavy atom. The molecule has 8 nitrogen and oxygen atoms in total. The minimum Gasteiger partial charge on any atom is -0.340 e. The number of hydrogen-bond acceptors (Lipinski definition) is 4. The van der Waals surface area contributed by atoms with Crippen LogP contribution < -0.4 is 16.0 Å². The van der Waals surface area contributed by atoms with Crippen LogP contribution in [0.25, 0.3) is 0 Å². The summed E-state index contributed by atoms with van der Waals surface area (Å²) in [7, 11) is 0. The fraction of sp³-hybridized carbons (Fsp3) is 0.368. The number of benzene rings is 1. The predicted molar refractivity (Wildman–Crippen MR) is 101 cm³/mol. The highest BCUT2D eigenvalue weighted by molar-refractivity contribution is 6.09. The topological polar surface area (TPSA) is 105 Å². The smallest absolute Gasteiger partial charge is 0.254 e. The molecule has 0 aliphatic carbocycles. The second-order valence-corrected chi connectivity index (χ2v) is 6.54. The fourth-order valence-corrected chi connectivity index (χ4v) is 2.99. The minimum atomic E-state index is -0.764. The maximum Gasteiger partial charge on any atom is 0.254 e. The lowest BCUT2D eigenvalue weighted by molar-refractivity contribution is -0.118. The molecule has 3 rings (SSSR count). The molecule has 27 heavy (non-hydrogen) atoms. The van der Waals surface area contributed by atoms with Crippen molar-refractivity contribution >= 4 is 29.1 Å². The summed E-state index contributed by atoms with van der Waals surface area (Å²) in [5.74, 6) is -0.878. The lowest BCUT2D eigenvalue weighted by Gasteiger charge is -2.14. The first-order chi connectivity index (χ1) is 13.0. The number of nitrogens with zero attached hydrogens (tertiary/aromatic N) is 2. The van der Waals surface area contributed by atoms with Gasteiger partial charge in [0.05, 0.1) is 22.6 Å². The summed E-state index contributed by atoms with van der Waals surface area (Å²) < 4.78 is 1.79. The Balaban J connectivity index is 1.59. The molecule has 1 aromatic carbocycles. The van der Waals surface area contributed by atoms with E-state index < -0.39 is 6.04 Å². The van der Waals surface area contributed by atoms with Gasteiger partial charge in [-0.2, -0.15) is 5.10 Å². The normalized spacial score (nSPS) is 16.1. The molecule has 3 N–H and O–H groups in total. The van der Waals surface area contributed by atoms with Crippen LogP contribution in [0.3, 0.4) is 0 Å². The van der Waals surface area contributed by atoms with Gasteiger partial charge in [0.1, 0.15) is 6.04 Å². The summed E-state index contributed by atoms with van der Waals surface area (Å²) in [5, 5.41) is 12.6. The summed E-state index contributed by atoms with van der Waals surface area (Å²) in [6.45, 7) is 4.67. The van der Waals surface area contributed by atoms with Gasteiger partial charge in [0.25, 0.3) is 5.91 Å². The number of nitrogens with one attached hydrogen (secondary N) is 3. The van der Waals surface area contributed by atoms with Gasteiger partial charge in [-0.05, 0) is 31.9 Å². The van der Waals surface area contributed by atoms with Gasteiger partial charge in [0, 0.05) is 19.2 Å². The molecule has 1 atom stereocenters. The number of hydrogen-bond donors (Lipinski definition) is 3. The molecular formula is C19H23N5O3. The van der Waals surface area contributed by atoms with Gasteiger partial charge in [-0.25, -0.2) is 0 Å². The number of anilines is 2. The van der Waals surface area contributed by atoms with Gasteiger partial charge in [-0.15, -0.1) is 0 Å². The van der Waals surface area contributed by atoms with E-state index in [0.717, 1.165) is 18.7 Å². The maximum absolute atomic E-state index is 12.4. The van der Waals surface area contributed by atoms with Crippen LogP contribution in [0.2, 0.25) is 0 Å². The summed E-state index contributed by atoms with van der Waals surface area (Å²) in [5.41, 5.74) is 2.30. The molecule has 3 amide bonds. The highest BCUT2D eigenvalue weighted by Crippen LogP contribution is 2.19. The highest BCUT2D eigenvalue weighted by atomic mass is 16.2. The Kier molecular flexibility index (Phi) is 5.54. The maximum atomic E-state index is 12.4. The number of aryl methyl sites for hydroxylation is 2. The first-order valence-electron chi connectivity index (χ1n) is 9.02. The molecule has 1 aliphatic rings. The van der Waals surface area contributed by atoms with Crippen molar-refractivity contribution in [3.8, 4) is 0 Å². The van der Waals surface area contributed by atoms with Gasteiger partial charge < -0.3 is 16.0 Å². The zero-order chi connectivity index (χ0) is 19.4. The standard InChI is InChI=1S/C19H23N5O3/c1-3-10-24-11-16(12(2)23-24)20-17(25)9-8-15-19(27)21-14-7-5-4-6-13(14)18(26)22-15/h4-7,11,15H,3,8-10H2,1-2H3,(H,20,25)(H,21,27)(H,22,26)/t15-/m1/s1. The Morgan fingerprint density at radius 1 is 1.30 bits per heavy atom. The average molecular weight is 369 g/mol. The van der Waals surface area contributed by atoms with E-state index in [2.05, 4.69) is 28.0 Å². The third-order valence-corrected chi connectivity index (χ3v) is 4.38. The van der Waals surface area contributed by atoms with Crippen LogP contribution in [0.15, 0.2) is 30.5 Å². The molecule has 2 heterocycles. The van der Waals surface area contributed by atoms with E-state index in [-0.39, 0.29) is 30.6 Å². The van der Waals surface area contributed by atoms with Crippen molar-refractivity contribution in [2.75, 3.05) is 10.6 Å². The molecule has 1 aromatic heterocycles. The van der Waals surface area contributed by atoms with E-state index in [1.807, 2.05) is 6.92 Å². The lowest BCUT2D eigenvalue weighted by Crippen LogP contribution is -2.41. The summed E-state index contributed by atoms with van der Waals surface area (Å²) >= 11 is 0. The van der Waals surface area contributed by atoms with Crippen LogP contribution in [-0.2, 0) is 16.1 Å². The third kappa shape index (κ3) is 4.33. The Morgan fingerprint density at radius 2 is 2.07 bits per heavy atom. The monoisotopic (exact) mass is 369 g/mol. The van der Waals surface area contributed by atoms with Crippen molar-refractivity contribution in [3.63, 3.8) is 0 Å². The molecule has 8 heteroatoms. The largest absolute Gasteiger partial charge is 0.340 e. The molecule has 0 bridgehead atoms. The zero-order valence-electron chi connectivity index (χ0n) is 15.4. The third-order valence-electron chi connectivity index (χ3n) is 4.38. The van der Waals surface area contributed by atoms with Gasteiger partial charge in [-0.3, -0.25) is 19.1 Å². The van der Waals surface area contributed by atoms with Crippen LogP contribution in [0, 0.1) is 6.92 Å². The van der Waals surface area contributed by atoms with Crippen molar-refractivity contribution in [3.05, 3.63) is 41.7 Å².